The number of carboxylic acids is 1. The first-order chi connectivity index (χ1) is 38.1. The Bertz CT molecular complexity index is 1940. The van der Waals surface area contributed by atoms with Crippen LogP contribution in [0.4, 0.5) is 0 Å². The lowest BCUT2D eigenvalue weighted by Crippen LogP contribution is -2.61. The second-order valence-electron chi connectivity index (χ2n) is 23.1. The topological polar surface area (TPSA) is 434 Å². The van der Waals surface area contributed by atoms with Crippen molar-refractivity contribution in [3.63, 3.8) is 0 Å². The minimum Gasteiger partial charge on any atom is -0.479 e. The standard InChI is InChI=1S/C41H76N2O15.C12H22O12/c1-15-29-41(10,49)34(45)24(4)31(42-53-21-52-17-16-50-13)22(2)19-39(8,48)36(58-38-32(44)28(43(11)12)18-23(3)54-38)25(5)33(26(6)37(47)56-29)57-30-20-40(9,51-14)35(46)27(7)55-30;13-1-3(15)10(7(18)8(19)11(21)22)24-12-9(20)6(17)5(16)4(2-14)23-12/h22-30,32-36,38,44-46,48-49H,15-21H2,1-14H3;3-10,12-20H,1-2H2,(H,21,22)/b42-31+;/t22-,23-,24+,25+,26-,27+,28+,29-,30+,32-,33+,34-,35+,36-,38+,39-,40-,41-;3-,4-,5+,6+,7-,8-,9-,10-,12+/m11/s1. The molecule has 4 saturated heterocycles. The maximum Gasteiger partial charge on any atom is 0.335 e. The number of carboxylic acid groups (broad SMARTS) is 1. The van der Waals surface area contributed by atoms with Crippen LogP contribution in [0, 0.1) is 23.7 Å². The maximum atomic E-state index is 14.3. The number of rotatable bonds is 21. The SMILES string of the molecule is CC[C@H]1OC(=O)[C@H](C)[C@@H](O[C@H]2C[C@@](C)(OC)[C@@H](O)[C@H](C)O2)[C@H](C)[C@@H](O[C@@H]2O[C@H](C)C[C@H](N(C)C)[C@H]2O)[C@](C)(O)C[C@@H](C)/C(=N\OCOCCOC)[C@H](C)[C@@H](O)[C@]1(C)O.O=C(O)[C@H](O)[C@@H](O)[C@H](O[C@@H]1O[C@H](CO)[C@H](O)[C@H](O)[C@H]1O)[C@H](O)CO. The lowest BCUT2D eigenvalue weighted by molar-refractivity contribution is -0.326. The molecule has 82 heavy (non-hydrogen) atoms. The number of hydrogen-bond donors (Lipinski definition) is 14. The molecule has 0 aromatic heterocycles. The molecule has 0 spiro atoms. The predicted octanol–water partition coefficient (Wildman–Crippen LogP) is -3.46. The number of aliphatic hydroxyl groups is 13. The molecule has 482 valence electrons. The van der Waals surface area contributed by atoms with Gasteiger partial charge in [-0.15, -0.1) is 0 Å². The minimum absolute atomic E-state index is 0.0307. The van der Waals surface area contributed by atoms with Gasteiger partial charge in [0.1, 0.15) is 66.6 Å². The molecular weight excluding hydrogens is 1100 g/mol. The largest absolute Gasteiger partial charge is 0.479 e. The summed E-state index contributed by atoms with van der Waals surface area (Å²) in [6.45, 7) is 15.5. The zero-order valence-electron chi connectivity index (χ0n) is 49.7. The van der Waals surface area contributed by atoms with Gasteiger partial charge in [-0.2, -0.15) is 0 Å². The van der Waals surface area contributed by atoms with Crippen molar-refractivity contribution in [3.05, 3.63) is 0 Å². The monoisotopic (exact) mass is 1190 g/mol. The Morgan fingerprint density at radius 2 is 1.45 bits per heavy atom. The molecule has 0 amide bonds. The van der Waals surface area contributed by atoms with E-state index in [-0.39, 0.29) is 44.8 Å². The molecule has 4 fully saturated rings. The van der Waals surface area contributed by atoms with E-state index in [1.165, 1.54) is 14.0 Å². The van der Waals surface area contributed by atoms with Crippen LogP contribution in [0.2, 0.25) is 0 Å². The van der Waals surface area contributed by atoms with Gasteiger partial charge in [-0.3, -0.25) is 4.79 Å². The van der Waals surface area contributed by atoms with Crippen molar-refractivity contribution in [1.82, 2.24) is 4.90 Å². The van der Waals surface area contributed by atoms with Crippen LogP contribution in [0.25, 0.3) is 0 Å². The van der Waals surface area contributed by atoms with Crippen LogP contribution in [0.5, 0.6) is 0 Å². The number of cyclic esters (lactones) is 1. The third-order valence-electron chi connectivity index (χ3n) is 16.2. The van der Waals surface area contributed by atoms with E-state index < -0.39 is 176 Å². The normalized spacial score (nSPS) is 42.9. The first-order valence-corrected chi connectivity index (χ1v) is 27.7. The molecule has 14 N–H and O–H groups in total. The highest BCUT2D eigenvalue weighted by atomic mass is 16.7. The van der Waals surface area contributed by atoms with Crippen LogP contribution in [0.1, 0.15) is 94.9 Å². The van der Waals surface area contributed by atoms with E-state index in [4.69, 9.17) is 67.5 Å². The van der Waals surface area contributed by atoms with E-state index in [1.54, 1.807) is 55.6 Å². The average molecular weight is 1200 g/mol. The van der Waals surface area contributed by atoms with Crippen LogP contribution < -0.4 is 0 Å². The van der Waals surface area contributed by atoms with Crippen LogP contribution in [-0.4, -0.2) is 295 Å². The van der Waals surface area contributed by atoms with E-state index in [2.05, 4.69) is 5.16 Å². The Hall–Kier alpha value is -2.51. The highest BCUT2D eigenvalue weighted by Crippen LogP contribution is 2.41. The number of esters is 1. The van der Waals surface area contributed by atoms with E-state index >= 15 is 0 Å². The number of aliphatic hydroxyl groups excluding tert-OH is 11. The lowest BCUT2D eigenvalue weighted by atomic mass is 9.73. The molecule has 4 aliphatic heterocycles. The second-order valence-corrected chi connectivity index (χ2v) is 23.1. The second kappa shape index (κ2) is 32.5. The summed E-state index contributed by atoms with van der Waals surface area (Å²) in [7, 11) is 6.76. The van der Waals surface area contributed by atoms with Crippen molar-refractivity contribution in [2.75, 3.05) is 61.5 Å². The van der Waals surface area contributed by atoms with Crippen molar-refractivity contribution < 1.29 is 133 Å². The molecule has 4 heterocycles. The Morgan fingerprint density at radius 3 is 2.00 bits per heavy atom. The van der Waals surface area contributed by atoms with Crippen molar-refractivity contribution >= 4 is 17.7 Å². The Kier molecular flexibility index (Phi) is 29.2. The number of nitrogens with zero attached hydrogens (tertiary/aromatic N) is 2. The molecule has 0 aromatic carbocycles. The summed E-state index contributed by atoms with van der Waals surface area (Å²) in [5, 5.41) is 148. The summed E-state index contributed by atoms with van der Waals surface area (Å²) in [4.78, 5) is 32.5. The number of likely N-dealkylation sites (N-methyl/N-ethyl adjacent to an activating group) is 1. The van der Waals surface area contributed by atoms with Crippen molar-refractivity contribution in [3.8, 4) is 0 Å². The van der Waals surface area contributed by atoms with Gasteiger partial charge in [-0.05, 0) is 74.9 Å². The third kappa shape index (κ3) is 18.5. The Labute approximate surface area is 479 Å². The van der Waals surface area contributed by atoms with Gasteiger partial charge in [0.2, 0.25) is 6.79 Å². The zero-order chi connectivity index (χ0) is 62.5. The van der Waals surface area contributed by atoms with Crippen molar-refractivity contribution in [1.29, 1.82) is 0 Å². The van der Waals surface area contributed by atoms with Crippen LogP contribution in [0.15, 0.2) is 5.16 Å². The number of carbonyl (C=O) groups excluding carboxylic acids is 1. The lowest BCUT2D eigenvalue weighted by Gasteiger charge is -2.49. The number of ether oxygens (including phenoxy) is 10. The smallest absolute Gasteiger partial charge is 0.335 e. The molecule has 0 saturated carbocycles. The van der Waals surface area contributed by atoms with Gasteiger partial charge in [0.15, 0.2) is 25.0 Å². The zero-order valence-corrected chi connectivity index (χ0v) is 49.7. The fourth-order valence-corrected chi connectivity index (χ4v) is 11.1. The Morgan fingerprint density at radius 1 is 0.817 bits per heavy atom. The molecule has 4 aliphatic rings. The van der Waals surface area contributed by atoms with Crippen LogP contribution in [0.3, 0.4) is 0 Å². The molecule has 0 aliphatic carbocycles. The summed E-state index contributed by atoms with van der Waals surface area (Å²) >= 11 is 0. The number of methoxy groups -OCH3 is 2. The molecule has 0 aromatic rings. The summed E-state index contributed by atoms with van der Waals surface area (Å²) in [5.41, 5.74) is -4.49. The number of oxime groups is 1. The van der Waals surface area contributed by atoms with E-state index in [0.717, 1.165) is 0 Å². The predicted molar refractivity (Wildman–Crippen MR) is 284 cm³/mol. The van der Waals surface area contributed by atoms with E-state index in [1.807, 2.05) is 32.8 Å². The first-order valence-electron chi connectivity index (χ1n) is 27.7. The van der Waals surface area contributed by atoms with Gasteiger partial charge in [0.05, 0.1) is 79.8 Å². The van der Waals surface area contributed by atoms with Gasteiger partial charge < -0.3 is 129 Å². The quantitative estimate of drug-likeness (QED) is 0.0230. The summed E-state index contributed by atoms with van der Waals surface area (Å²) in [6, 6.07) is -0.328. The summed E-state index contributed by atoms with van der Waals surface area (Å²) in [6.07, 6.45) is -26.4. The highest BCUT2D eigenvalue weighted by molar-refractivity contribution is 5.88. The first kappa shape index (κ1) is 73.7. The highest BCUT2D eigenvalue weighted by Gasteiger charge is 2.54. The van der Waals surface area contributed by atoms with E-state index in [9.17, 15) is 65.8 Å². The van der Waals surface area contributed by atoms with Crippen LogP contribution >= 0.6 is 0 Å². The number of hydrogen-bond acceptors (Lipinski definition) is 28. The van der Waals surface area contributed by atoms with Crippen LogP contribution in [-0.2, 0) is 61.8 Å². The summed E-state index contributed by atoms with van der Waals surface area (Å²) < 4.78 is 58.1. The molecule has 29 nitrogen and oxygen atoms in total. The van der Waals surface area contributed by atoms with E-state index in [0.29, 0.717) is 18.7 Å². The van der Waals surface area contributed by atoms with Gasteiger partial charge in [-0.25, -0.2) is 4.79 Å². The van der Waals surface area contributed by atoms with Gasteiger partial charge >= 0.3 is 11.9 Å². The molecule has 0 radical (unpaired) electrons. The molecule has 4 rings (SSSR count). The number of carbonyl (C=O) groups is 2. The maximum absolute atomic E-state index is 14.3. The fourth-order valence-electron chi connectivity index (χ4n) is 11.1. The summed E-state index contributed by atoms with van der Waals surface area (Å²) in [5.74, 6) is -5.98. The van der Waals surface area contributed by atoms with Crippen molar-refractivity contribution in [2.45, 2.75) is 234 Å². The van der Waals surface area contributed by atoms with Gasteiger partial charge in [-0.1, -0.05) is 32.9 Å². The third-order valence-corrected chi connectivity index (χ3v) is 16.2. The molecular formula is C53H98N2O27. The average Bonchev–Trinajstić information content (AvgIpc) is 3.43. The van der Waals surface area contributed by atoms with Gasteiger partial charge in [0.25, 0.3) is 0 Å². The van der Waals surface area contributed by atoms with Gasteiger partial charge in [0, 0.05) is 44.4 Å². The number of aliphatic carboxylic acids is 1. The fraction of sp³-hybridized carbons (Fsp3) is 0.943. The Balaban J connectivity index is 0.000000612. The molecule has 0 bridgehead atoms. The molecule has 27 atom stereocenters. The minimum atomic E-state index is -2.39. The van der Waals surface area contributed by atoms with Crippen molar-refractivity contribution in [2.24, 2.45) is 28.8 Å². The molecule has 0 unspecified atom stereocenters. The molecule has 29 heteroatoms.